The van der Waals surface area contributed by atoms with Crippen LogP contribution in [-0.2, 0) is 0 Å². The number of hydrogen-bond donors (Lipinski definition) is 3. The van der Waals surface area contributed by atoms with Crippen LogP contribution < -0.4 is 10.6 Å². The molecule has 0 aromatic heterocycles. The van der Waals surface area contributed by atoms with E-state index in [1.54, 1.807) is 18.2 Å². The van der Waals surface area contributed by atoms with Gasteiger partial charge in [0.15, 0.2) is 0 Å². The third kappa shape index (κ3) is 3.45. The second-order valence-corrected chi connectivity index (χ2v) is 4.57. The Morgan fingerprint density at radius 2 is 1.79 bits per heavy atom. The molecule has 0 fully saturated rings. The first kappa shape index (κ1) is 13.4. The molecule has 0 atom stereocenters. The number of carbonyl (C=O) groups excluding carboxylic acids is 1. The molecule has 0 aliphatic carbocycles. The quantitative estimate of drug-likeness (QED) is 0.733. The zero-order valence-electron chi connectivity index (χ0n) is 9.65. The van der Waals surface area contributed by atoms with Gasteiger partial charge in [0.2, 0.25) is 0 Å². The standard InChI is InChI=1S/C13H10BrFN2O2/c14-9-3-1-2-4-10(9)16-13(19)17-11-6-5-8(15)7-12(11)18/h1-7,18H,(H2,16,17,19). The summed E-state index contributed by atoms with van der Waals surface area (Å²) in [5.41, 5.74) is 0.715. The molecule has 0 bridgehead atoms. The zero-order valence-corrected chi connectivity index (χ0v) is 11.2. The largest absolute Gasteiger partial charge is 0.506 e. The first-order valence-corrected chi connectivity index (χ1v) is 6.16. The molecule has 0 spiro atoms. The summed E-state index contributed by atoms with van der Waals surface area (Å²) in [7, 11) is 0. The van der Waals surface area contributed by atoms with Crippen LogP contribution in [0.5, 0.6) is 5.75 Å². The van der Waals surface area contributed by atoms with E-state index in [-0.39, 0.29) is 11.4 Å². The highest BCUT2D eigenvalue weighted by atomic mass is 79.9. The number of hydrogen-bond acceptors (Lipinski definition) is 2. The van der Waals surface area contributed by atoms with Gasteiger partial charge in [-0.05, 0) is 40.2 Å². The molecule has 98 valence electrons. The Hall–Kier alpha value is -2.08. The number of amides is 2. The molecule has 6 heteroatoms. The van der Waals surface area contributed by atoms with Gasteiger partial charge in [0.1, 0.15) is 11.6 Å². The Balaban J connectivity index is 2.08. The average molecular weight is 325 g/mol. The highest BCUT2D eigenvalue weighted by Crippen LogP contribution is 2.25. The molecule has 2 aromatic rings. The van der Waals surface area contributed by atoms with Crippen LogP contribution in [0.4, 0.5) is 20.6 Å². The van der Waals surface area contributed by atoms with Crippen LogP contribution in [-0.4, -0.2) is 11.1 Å². The Kier molecular flexibility index (Phi) is 4.01. The fourth-order valence-corrected chi connectivity index (χ4v) is 1.83. The van der Waals surface area contributed by atoms with Crippen molar-refractivity contribution in [1.82, 2.24) is 0 Å². The van der Waals surface area contributed by atoms with Gasteiger partial charge in [-0.25, -0.2) is 9.18 Å². The van der Waals surface area contributed by atoms with Gasteiger partial charge in [-0.15, -0.1) is 0 Å². The first-order valence-electron chi connectivity index (χ1n) is 5.37. The molecule has 2 aromatic carbocycles. The first-order chi connectivity index (χ1) is 9.06. The van der Waals surface area contributed by atoms with E-state index in [4.69, 9.17) is 0 Å². The SMILES string of the molecule is O=C(Nc1ccc(F)cc1O)Nc1ccccc1Br. The number of rotatable bonds is 2. The summed E-state index contributed by atoms with van der Waals surface area (Å²) in [6, 6.07) is 9.91. The molecule has 0 unspecified atom stereocenters. The summed E-state index contributed by atoms with van der Waals surface area (Å²) in [5, 5.41) is 14.5. The molecular weight excluding hydrogens is 315 g/mol. The van der Waals surface area contributed by atoms with Crippen molar-refractivity contribution in [3.63, 3.8) is 0 Å². The Bertz CT molecular complexity index is 619. The van der Waals surface area contributed by atoms with Crippen LogP contribution in [0.3, 0.4) is 0 Å². The molecule has 0 aliphatic heterocycles. The van der Waals surface area contributed by atoms with Crippen molar-refractivity contribution in [3.05, 3.63) is 52.8 Å². The lowest BCUT2D eigenvalue weighted by Crippen LogP contribution is -2.19. The Morgan fingerprint density at radius 1 is 1.11 bits per heavy atom. The number of para-hydroxylation sites is 1. The summed E-state index contributed by atoms with van der Waals surface area (Å²) in [5.74, 6) is -0.906. The van der Waals surface area contributed by atoms with E-state index in [9.17, 15) is 14.3 Å². The molecule has 2 rings (SSSR count). The minimum atomic E-state index is -0.575. The summed E-state index contributed by atoms with van der Waals surface area (Å²) in [6.45, 7) is 0. The van der Waals surface area contributed by atoms with Crippen molar-refractivity contribution < 1.29 is 14.3 Å². The van der Waals surface area contributed by atoms with Crippen LogP contribution in [0, 0.1) is 5.82 Å². The summed E-state index contributed by atoms with van der Waals surface area (Å²) >= 11 is 3.29. The lowest BCUT2D eigenvalue weighted by atomic mass is 10.3. The minimum Gasteiger partial charge on any atom is -0.506 e. The van der Waals surface area contributed by atoms with Gasteiger partial charge in [0, 0.05) is 10.5 Å². The van der Waals surface area contributed by atoms with Crippen molar-refractivity contribution in [2.75, 3.05) is 10.6 Å². The van der Waals surface area contributed by atoms with Gasteiger partial charge < -0.3 is 15.7 Å². The smallest absolute Gasteiger partial charge is 0.323 e. The number of phenols is 1. The van der Waals surface area contributed by atoms with Crippen molar-refractivity contribution in [2.45, 2.75) is 0 Å². The van der Waals surface area contributed by atoms with Gasteiger partial charge in [-0.2, -0.15) is 0 Å². The highest BCUT2D eigenvalue weighted by molar-refractivity contribution is 9.10. The lowest BCUT2D eigenvalue weighted by molar-refractivity contribution is 0.262. The van der Waals surface area contributed by atoms with Crippen LogP contribution in [0.2, 0.25) is 0 Å². The second kappa shape index (κ2) is 5.71. The normalized spacial score (nSPS) is 10.0. The fourth-order valence-electron chi connectivity index (χ4n) is 1.45. The third-order valence-electron chi connectivity index (χ3n) is 2.33. The second-order valence-electron chi connectivity index (χ2n) is 3.72. The van der Waals surface area contributed by atoms with E-state index in [0.717, 1.165) is 16.6 Å². The molecule has 3 N–H and O–H groups in total. The number of anilines is 2. The molecule has 4 nitrogen and oxygen atoms in total. The molecule has 0 aliphatic rings. The maximum Gasteiger partial charge on any atom is 0.323 e. The van der Waals surface area contributed by atoms with Crippen LogP contribution in [0.1, 0.15) is 0 Å². The number of urea groups is 1. The van der Waals surface area contributed by atoms with Crippen LogP contribution >= 0.6 is 15.9 Å². The zero-order chi connectivity index (χ0) is 13.8. The summed E-state index contributed by atoms with van der Waals surface area (Å²) in [4.78, 5) is 11.7. The van der Waals surface area contributed by atoms with Crippen molar-refractivity contribution in [2.24, 2.45) is 0 Å². The van der Waals surface area contributed by atoms with E-state index >= 15 is 0 Å². The van der Waals surface area contributed by atoms with E-state index in [2.05, 4.69) is 26.6 Å². The molecule has 0 saturated heterocycles. The number of carbonyl (C=O) groups is 1. The number of benzene rings is 2. The summed E-state index contributed by atoms with van der Waals surface area (Å²) in [6.07, 6.45) is 0. The maximum absolute atomic E-state index is 12.8. The minimum absolute atomic E-state index is 0.131. The van der Waals surface area contributed by atoms with Crippen LogP contribution in [0.25, 0.3) is 0 Å². The lowest BCUT2D eigenvalue weighted by Gasteiger charge is -2.10. The number of halogens is 2. The maximum atomic E-state index is 12.8. The average Bonchev–Trinajstić information content (AvgIpc) is 2.36. The third-order valence-corrected chi connectivity index (χ3v) is 3.02. The van der Waals surface area contributed by atoms with E-state index < -0.39 is 11.8 Å². The molecule has 0 saturated carbocycles. The van der Waals surface area contributed by atoms with E-state index in [0.29, 0.717) is 5.69 Å². The number of nitrogens with one attached hydrogen (secondary N) is 2. The monoisotopic (exact) mass is 324 g/mol. The Morgan fingerprint density at radius 3 is 2.47 bits per heavy atom. The van der Waals surface area contributed by atoms with Gasteiger partial charge in [-0.1, -0.05) is 12.1 Å². The van der Waals surface area contributed by atoms with E-state index in [1.165, 1.54) is 6.07 Å². The predicted octanol–water partition coefficient (Wildman–Crippen LogP) is 3.94. The molecule has 19 heavy (non-hydrogen) atoms. The molecule has 0 radical (unpaired) electrons. The van der Waals surface area contributed by atoms with Crippen LogP contribution in [0.15, 0.2) is 46.9 Å². The number of aromatic hydroxyl groups is 1. The van der Waals surface area contributed by atoms with Gasteiger partial charge in [-0.3, -0.25) is 0 Å². The molecular formula is C13H10BrFN2O2. The molecule has 2 amide bonds. The van der Waals surface area contributed by atoms with Crippen molar-refractivity contribution in [3.8, 4) is 5.75 Å². The highest BCUT2D eigenvalue weighted by Gasteiger charge is 2.08. The van der Waals surface area contributed by atoms with Crippen molar-refractivity contribution >= 4 is 33.3 Å². The number of phenolic OH excluding ortho intramolecular Hbond substituents is 1. The predicted molar refractivity (Wildman–Crippen MR) is 74.8 cm³/mol. The van der Waals surface area contributed by atoms with Crippen molar-refractivity contribution in [1.29, 1.82) is 0 Å². The van der Waals surface area contributed by atoms with E-state index in [1.807, 2.05) is 6.07 Å². The van der Waals surface area contributed by atoms with Gasteiger partial charge in [0.05, 0.1) is 11.4 Å². The molecule has 0 heterocycles. The van der Waals surface area contributed by atoms with Gasteiger partial charge in [0.25, 0.3) is 0 Å². The van der Waals surface area contributed by atoms with Gasteiger partial charge >= 0.3 is 6.03 Å². The fraction of sp³-hybridized carbons (Fsp3) is 0. The Labute approximate surface area is 117 Å². The summed E-state index contributed by atoms with van der Waals surface area (Å²) < 4.78 is 13.5. The topological polar surface area (TPSA) is 61.4 Å².